The van der Waals surface area contributed by atoms with E-state index < -0.39 is 6.04 Å². The van der Waals surface area contributed by atoms with E-state index in [0.717, 1.165) is 15.8 Å². The van der Waals surface area contributed by atoms with Crippen LogP contribution in [0.4, 0.5) is 0 Å². The van der Waals surface area contributed by atoms with Crippen LogP contribution in [-0.4, -0.2) is 28.1 Å². The molecule has 118 valence electrons. The van der Waals surface area contributed by atoms with Crippen molar-refractivity contribution in [2.24, 2.45) is 0 Å². The maximum absolute atomic E-state index is 12.3. The topological polar surface area (TPSA) is 86.9 Å². The van der Waals surface area contributed by atoms with Crippen molar-refractivity contribution in [3.63, 3.8) is 0 Å². The Kier molecular flexibility index (Phi) is 4.38. The summed E-state index contributed by atoms with van der Waals surface area (Å²) >= 11 is 1.57. The molecule has 0 spiro atoms. The smallest absolute Gasteiger partial charge is 0.273 e. The second-order valence-corrected chi connectivity index (χ2v) is 6.14. The fourth-order valence-corrected chi connectivity index (χ4v) is 2.85. The Morgan fingerprint density at radius 3 is 2.87 bits per heavy atom. The van der Waals surface area contributed by atoms with Crippen LogP contribution in [0.1, 0.15) is 22.3 Å². The number of rotatable bonds is 5. The molecule has 0 fully saturated rings. The van der Waals surface area contributed by atoms with Crippen LogP contribution in [0, 0.1) is 0 Å². The lowest BCUT2D eigenvalue weighted by atomic mass is 10.2. The normalized spacial score (nSPS) is 12.0. The largest absolute Gasteiger partial charge is 0.349 e. The molecule has 0 bridgehead atoms. The quantitative estimate of drug-likeness (QED) is 0.670. The van der Waals surface area contributed by atoms with Crippen LogP contribution in [0.15, 0.2) is 41.8 Å². The zero-order valence-electron chi connectivity index (χ0n) is 12.5. The highest BCUT2D eigenvalue weighted by Gasteiger charge is 2.19. The standard InChI is InChI=1S/C16H16N4O2S/c1-10(15(21)17-9-11-5-4-8-23-11)18-16(22)14-12-6-2-3-7-13(12)19-20-14/h2-8,10H,9H2,1H3,(H,17,21)(H,18,22)(H,19,20). The van der Waals surface area contributed by atoms with Gasteiger partial charge in [0, 0.05) is 10.3 Å². The number of nitrogens with one attached hydrogen (secondary N) is 3. The van der Waals surface area contributed by atoms with Gasteiger partial charge in [-0.1, -0.05) is 24.3 Å². The molecule has 1 atom stereocenters. The summed E-state index contributed by atoms with van der Waals surface area (Å²) in [6.07, 6.45) is 0. The van der Waals surface area contributed by atoms with Crippen molar-refractivity contribution >= 4 is 34.1 Å². The number of para-hydroxylation sites is 1. The molecule has 7 heteroatoms. The summed E-state index contributed by atoms with van der Waals surface area (Å²) in [5.74, 6) is -0.604. The molecule has 3 rings (SSSR count). The van der Waals surface area contributed by atoms with E-state index in [0.29, 0.717) is 12.2 Å². The predicted molar refractivity (Wildman–Crippen MR) is 89.2 cm³/mol. The fraction of sp³-hybridized carbons (Fsp3) is 0.188. The van der Waals surface area contributed by atoms with Crippen molar-refractivity contribution in [1.82, 2.24) is 20.8 Å². The van der Waals surface area contributed by atoms with Gasteiger partial charge in [0.2, 0.25) is 5.91 Å². The van der Waals surface area contributed by atoms with Crippen molar-refractivity contribution in [2.45, 2.75) is 19.5 Å². The Labute approximate surface area is 136 Å². The van der Waals surface area contributed by atoms with Gasteiger partial charge in [0.15, 0.2) is 5.69 Å². The number of amides is 2. The Balaban J connectivity index is 1.61. The Bertz CT molecular complexity index is 826. The Hall–Kier alpha value is -2.67. The summed E-state index contributed by atoms with van der Waals surface area (Å²) in [5.41, 5.74) is 1.07. The molecule has 23 heavy (non-hydrogen) atoms. The Morgan fingerprint density at radius 1 is 1.26 bits per heavy atom. The van der Waals surface area contributed by atoms with Crippen molar-refractivity contribution < 1.29 is 9.59 Å². The van der Waals surface area contributed by atoms with Crippen LogP contribution in [-0.2, 0) is 11.3 Å². The third kappa shape index (κ3) is 3.40. The number of fused-ring (bicyclic) bond motifs is 1. The van der Waals surface area contributed by atoms with E-state index in [4.69, 9.17) is 0 Å². The van der Waals surface area contributed by atoms with Gasteiger partial charge in [0.1, 0.15) is 6.04 Å². The molecule has 3 N–H and O–H groups in total. The highest BCUT2D eigenvalue weighted by molar-refractivity contribution is 7.09. The van der Waals surface area contributed by atoms with Gasteiger partial charge in [-0.25, -0.2) is 0 Å². The van der Waals surface area contributed by atoms with Gasteiger partial charge in [-0.3, -0.25) is 14.7 Å². The summed E-state index contributed by atoms with van der Waals surface area (Å²) in [6, 6.07) is 10.6. The zero-order valence-corrected chi connectivity index (χ0v) is 13.3. The van der Waals surface area contributed by atoms with Crippen molar-refractivity contribution in [1.29, 1.82) is 0 Å². The maximum atomic E-state index is 12.3. The van der Waals surface area contributed by atoms with Crippen LogP contribution in [0.3, 0.4) is 0 Å². The first-order chi connectivity index (χ1) is 11.1. The first-order valence-corrected chi connectivity index (χ1v) is 8.07. The van der Waals surface area contributed by atoms with E-state index in [2.05, 4.69) is 20.8 Å². The number of thiophene rings is 1. The lowest BCUT2D eigenvalue weighted by Crippen LogP contribution is -2.44. The number of nitrogens with zero attached hydrogens (tertiary/aromatic N) is 1. The number of aromatic amines is 1. The predicted octanol–water partition coefficient (Wildman–Crippen LogP) is 2.06. The molecular formula is C16H16N4O2S. The maximum Gasteiger partial charge on any atom is 0.273 e. The second-order valence-electron chi connectivity index (χ2n) is 5.11. The molecule has 2 heterocycles. The molecule has 2 amide bonds. The van der Waals surface area contributed by atoms with Crippen LogP contribution in [0.5, 0.6) is 0 Å². The lowest BCUT2D eigenvalue weighted by molar-refractivity contribution is -0.122. The van der Waals surface area contributed by atoms with Gasteiger partial charge in [0.25, 0.3) is 5.91 Å². The number of carbonyl (C=O) groups is 2. The second kappa shape index (κ2) is 6.62. The summed E-state index contributed by atoms with van der Waals surface area (Å²) in [5, 5.41) is 15.0. The number of aromatic nitrogens is 2. The zero-order chi connectivity index (χ0) is 16.2. The summed E-state index contributed by atoms with van der Waals surface area (Å²) in [6.45, 7) is 2.11. The number of benzene rings is 1. The molecule has 3 aromatic rings. The van der Waals surface area contributed by atoms with E-state index in [-0.39, 0.29) is 11.8 Å². The Morgan fingerprint density at radius 2 is 2.09 bits per heavy atom. The molecule has 2 aromatic heterocycles. The molecule has 0 saturated heterocycles. The highest BCUT2D eigenvalue weighted by atomic mass is 32.1. The average Bonchev–Trinajstić information content (AvgIpc) is 3.21. The van der Waals surface area contributed by atoms with E-state index in [1.54, 1.807) is 18.3 Å². The fourth-order valence-electron chi connectivity index (χ4n) is 2.21. The minimum absolute atomic E-state index is 0.230. The number of hydrogen-bond acceptors (Lipinski definition) is 4. The minimum atomic E-state index is -0.641. The van der Waals surface area contributed by atoms with Crippen LogP contribution < -0.4 is 10.6 Å². The minimum Gasteiger partial charge on any atom is -0.349 e. The van der Waals surface area contributed by atoms with Gasteiger partial charge in [-0.15, -0.1) is 11.3 Å². The molecule has 0 aliphatic heterocycles. The van der Waals surface area contributed by atoms with E-state index in [1.807, 2.05) is 41.8 Å². The molecule has 1 unspecified atom stereocenters. The van der Waals surface area contributed by atoms with Gasteiger partial charge >= 0.3 is 0 Å². The molecular weight excluding hydrogens is 312 g/mol. The molecule has 6 nitrogen and oxygen atoms in total. The molecule has 1 aromatic carbocycles. The third-order valence-electron chi connectivity index (χ3n) is 3.44. The van der Waals surface area contributed by atoms with Crippen LogP contribution >= 0.6 is 11.3 Å². The first kappa shape index (κ1) is 15.2. The van der Waals surface area contributed by atoms with E-state index in [1.165, 1.54) is 0 Å². The van der Waals surface area contributed by atoms with Gasteiger partial charge < -0.3 is 10.6 Å². The highest BCUT2D eigenvalue weighted by Crippen LogP contribution is 2.15. The summed E-state index contributed by atoms with van der Waals surface area (Å²) in [7, 11) is 0. The first-order valence-electron chi connectivity index (χ1n) is 7.19. The lowest BCUT2D eigenvalue weighted by Gasteiger charge is -2.13. The monoisotopic (exact) mass is 328 g/mol. The van der Waals surface area contributed by atoms with E-state index in [9.17, 15) is 9.59 Å². The van der Waals surface area contributed by atoms with Crippen molar-refractivity contribution in [3.05, 3.63) is 52.3 Å². The molecule has 0 radical (unpaired) electrons. The SMILES string of the molecule is CC(NC(=O)c1n[nH]c2ccccc12)C(=O)NCc1cccs1. The molecule has 0 aliphatic rings. The molecule has 0 saturated carbocycles. The van der Waals surface area contributed by atoms with Crippen LogP contribution in [0.2, 0.25) is 0 Å². The molecule has 0 aliphatic carbocycles. The van der Waals surface area contributed by atoms with E-state index >= 15 is 0 Å². The average molecular weight is 328 g/mol. The third-order valence-corrected chi connectivity index (χ3v) is 4.32. The number of carbonyl (C=O) groups excluding carboxylic acids is 2. The van der Waals surface area contributed by atoms with Crippen molar-refractivity contribution in [2.75, 3.05) is 0 Å². The number of hydrogen-bond donors (Lipinski definition) is 3. The van der Waals surface area contributed by atoms with Gasteiger partial charge in [-0.2, -0.15) is 5.10 Å². The summed E-state index contributed by atoms with van der Waals surface area (Å²) < 4.78 is 0. The van der Waals surface area contributed by atoms with Gasteiger partial charge in [-0.05, 0) is 24.4 Å². The van der Waals surface area contributed by atoms with Crippen LogP contribution in [0.25, 0.3) is 10.9 Å². The number of H-pyrrole nitrogens is 1. The van der Waals surface area contributed by atoms with Crippen molar-refractivity contribution in [3.8, 4) is 0 Å². The van der Waals surface area contributed by atoms with Gasteiger partial charge in [0.05, 0.1) is 12.1 Å². The summed E-state index contributed by atoms with van der Waals surface area (Å²) in [4.78, 5) is 25.4.